The Hall–Kier alpha value is -1.97. The molecule has 0 aliphatic carbocycles. The van der Waals surface area contributed by atoms with Gasteiger partial charge in [0.05, 0.1) is 12.1 Å². The van der Waals surface area contributed by atoms with Crippen molar-refractivity contribution in [3.8, 4) is 0 Å². The minimum absolute atomic E-state index is 0.118. The number of nitrogens with zero attached hydrogens (tertiary/aromatic N) is 1. The normalized spacial score (nSPS) is 11.5. The second-order valence-electron chi connectivity index (χ2n) is 6.15. The fraction of sp³-hybridized carbons (Fsp3) is 0.550. The molecular formula is C20H29NO3. The number of hydrogen-bond acceptors (Lipinski definition) is 4. The highest BCUT2D eigenvalue weighted by Crippen LogP contribution is 2.14. The molecule has 24 heavy (non-hydrogen) atoms. The van der Waals surface area contributed by atoms with Crippen molar-refractivity contribution >= 4 is 17.8 Å². The van der Waals surface area contributed by atoms with Crippen LogP contribution in [0.1, 0.15) is 87.1 Å². The molecule has 0 heterocycles. The maximum Gasteiger partial charge on any atom is 0.169 e. The summed E-state index contributed by atoms with van der Waals surface area (Å²) in [5.74, 6) is -0.212. The fourth-order valence-electron chi connectivity index (χ4n) is 2.74. The molecule has 0 aromatic heterocycles. The van der Waals surface area contributed by atoms with Crippen LogP contribution in [0.15, 0.2) is 29.4 Å². The highest BCUT2D eigenvalue weighted by atomic mass is 16.4. The molecule has 0 fully saturated rings. The van der Waals surface area contributed by atoms with E-state index in [1.807, 2.05) is 6.07 Å². The van der Waals surface area contributed by atoms with Crippen LogP contribution in [-0.2, 0) is 4.79 Å². The van der Waals surface area contributed by atoms with Gasteiger partial charge in [0.1, 0.15) is 6.29 Å². The van der Waals surface area contributed by atoms with Crippen molar-refractivity contribution in [3.63, 3.8) is 0 Å². The Balaban J connectivity index is 2.42. The van der Waals surface area contributed by atoms with Crippen LogP contribution < -0.4 is 0 Å². The predicted octanol–water partition coefficient (Wildman–Crippen LogP) is 5.17. The maximum absolute atomic E-state index is 11.8. The summed E-state index contributed by atoms with van der Waals surface area (Å²) in [7, 11) is 0. The summed E-state index contributed by atoms with van der Waals surface area (Å²) in [6.07, 6.45) is 11.0. The lowest BCUT2D eigenvalue weighted by atomic mass is 9.99. The van der Waals surface area contributed by atoms with Gasteiger partial charge >= 0.3 is 0 Å². The molecule has 4 heteroatoms. The van der Waals surface area contributed by atoms with Crippen molar-refractivity contribution in [2.45, 2.75) is 71.1 Å². The fourth-order valence-corrected chi connectivity index (χ4v) is 2.74. The standard InChI is InChI=1S/C20H29NO3/c1-2-3-4-5-6-7-8-9-13-19(21-24)17-11-10-12-18(16-17)20(23)14-15-22/h10-12,15-16,24H,2-9,13-14H2,1H3. The van der Waals surface area contributed by atoms with Crippen molar-refractivity contribution in [1.82, 2.24) is 0 Å². The molecule has 0 unspecified atom stereocenters. The van der Waals surface area contributed by atoms with E-state index in [9.17, 15) is 14.8 Å². The van der Waals surface area contributed by atoms with Crippen LogP contribution in [0.4, 0.5) is 0 Å². The summed E-state index contributed by atoms with van der Waals surface area (Å²) < 4.78 is 0. The van der Waals surface area contributed by atoms with Crippen molar-refractivity contribution in [1.29, 1.82) is 0 Å². The zero-order valence-electron chi connectivity index (χ0n) is 14.7. The highest BCUT2D eigenvalue weighted by molar-refractivity contribution is 6.06. The molecule has 0 bridgehead atoms. The molecule has 0 amide bonds. The molecule has 4 nitrogen and oxygen atoms in total. The summed E-state index contributed by atoms with van der Waals surface area (Å²) in [5, 5.41) is 12.7. The summed E-state index contributed by atoms with van der Waals surface area (Å²) >= 11 is 0. The number of unbranched alkanes of at least 4 members (excludes halogenated alkanes) is 7. The third kappa shape index (κ3) is 7.53. The van der Waals surface area contributed by atoms with Gasteiger partial charge in [0, 0.05) is 11.1 Å². The minimum atomic E-state index is -0.212. The maximum atomic E-state index is 11.8. The van der Waals surface area contributed by atoms with E-state index in [1.165, 1.54) is 38.5 Å². The summed E-state index contributed by atoms with van der Waals surface area (Å²) in [5.41, 5.74) is 1.83. The number of aldehydes is 1. The molecule has 0 saturated heterocycles. The molecule has 0 saturated carbocycles. The van der Waals surface area contributed by atoms with Crippen LogP contribution in [0.25, 0.3) is 0 Å². The topological polar surface area (TPSA) is 66.7 Å². The van der Waals surface area contributed by atoms with Gasteiger partial charge < -0.3 is 10.0 Å². The van der Waals surface area contributed by atoms with E-state index >= 15 is 0 Å². The molecule has 132 valence electrons. The van der Waals surface area contributed by atoms with Crippen LogP contribution in [0.5, 0.6) is 0 Å². The lowest BCUT2D eigenvalue weighted by Crippen LogP contribution is -2.05. The second-order valence-corrected chi connectivity index (χ2v) is 6.15. The lowest BCUT2D eigenvalue weighted by Gasteiger charge is -2.07. The number of ketones is 1. The van der Waals surface area contributed by atoms with E-state index in [4.69, 9.17) is 0 Å². The van der Waals surface area contributed by atoms with Gasteiger partial charge in [-0.2, -0.15) is 0 Å². The molecule has 1 N–H and O–H groups in total. The largest absolute Gasteiger partial charge is 0.411 e. The Kier molecular flexibility index (Phi) is 10.4. The van der Waals surface area contributed by atoms with Gasteiger partial charge in [-0.15, -0.1) is 0 Å². The number of benzene rings is 1. The molecule has 1 aromatic carbocycles. The Morgan fingerprint density at radius 1 is 1.04 bits per heavy atom. The molecule has 0 spiro atoms. The van der Waals surface area contributed by atoms with E-state index in [-0.39, 0.29) is 12.2 Å². The lowest BCUT2D eigenvalue weighted by molar-refractivity contribution is -0.107. The van der Waals surface area contributed by atoms with Gasteiger partial charge in [0.25, 0.3) is 0 Å². The quantitative estimate of drug-likeness (QED) is 0.103. The average Bonchev–Trinajstić information content (AvgIpc) is 2.61. The minimum Gasteiger partial charge on any atom is -0.411 e. The average molecular weight is 331 g/mol. The Bertz CT molecular complexity index is 537. The third-order valence-corrected chi connectivity index (χ3v) is 4.17. The van der Waals surface area contributed by atoms with Crippen LogP contribution in [0.2, 0.25) is 0 Å². The molecule has 1 aromatic rings. The van der Waals surface area contributed by atoms with Gasteiger partial charge in [-0.25, -0.2) is 0 Å². The zero-order chi connectivity index (χ0) is 17.6. The van der Waals surface area contributed by atoms with E-state index in [2.05, 4.69) is 12.1 Å². The van der Waals surface area contributed by atoms with Crippen molar-refractivity contribution in [2.24, 2.45) is 5.16 Å². The molecule has 0 radical (unpaired) electrons. The summed E-state index contributed by atoms with van der Waals surface area (Å²) in [4.78, 5) is 22.2. The van der Waals surface area contributed by atoms with Gasteiger partial charge in [0.2, 0.25) is 0 Å². The van der Waals surface area contributed by atoms with Crippen molar-refractivity contribution in [2.75, 3.05) is 0 Å². The first kappa shape index (κ1) is 20.1. The smallest absolute Gasteiger partial charge is 0.169 e. The number of carbonyl (C=O) groups is 2. The molecular weight excluding hydrogens is 302 g/mol. The number of rotatable bonds is 13. The molecule has 0 atom stereocenters. The van der Waals surface area contributed by atoms with Crippen LogP contribution in [0.3, 0.4) is 0 Å². The monoisotopic (exact) mass is 331 g/mol. The summed E-state index contributed by atoms with van der Waals surface area (Å²) in [6, 6.07) is 6.97. The first-order chi connectivity index (χ1) is 11.7. The third-order valence-electron chi connectivity index (χ3n) is 4.17. The van der Waals surface area contributed by atoms with Gasteiger partial charge in [0.15, 0.2) is 5.78 Å². The first-order valence-electron chi connectivity index (χ1n) is 9.01. The van der Waals surface area contributed by atoms with Gasteiger partial charge in [-0.05, 0) is 18.9 Å². The van der Waals surface area contributed by atoms with Crippen LogP contribution >= 0.6 is 0 Å². The molecule has 0 aliphatic heterocycles. The number of carbonyl (C=O) groups excluding carboxylic acids is 2. The summed E-state index contributed by atoms with van der Waals surface area (Å²) in [6.45, 7) is 2.22. The highest BCUT2D eigenvalue weighted by Gasteiger charge is 2.09. The SMILES string of the molecule is CCCCCCCCCCC(=NO)c1cccc(C(=O)CC=O)c1. The molecule has 1 rings (SSSR count). The predicted molar refractivity (Wildman–Crippen MR) is 97.0 cm³/mol. The Morgan fingerprint density at radius 2 is 1.67 bits per heavy atom. The van der Waals surface area contributed by atoms with E-state index in [0.717, 1.165) is 18.4 Å². The van der Waals surface area contributed by atoms with E-state index in [1.54, 1.807) is 18.2 Å². The number of hydrogen-bond donors (Lipinski definition) is 1. The van der Waals surface area contributed by atoms with Crippen LogP contribution in [-0.4, -0.2) is 23.0 Å². The number of Topliss-reactive ketones (excluding diaryl/α,β-unsaturated/α-hetero) is 1. The Labute approximate surface area is 145 Å². The second kappa shape index (κ2) is 12.5. The first-order valence-corrected chi connectivity index (χ1v) is 9.01. The molecule has 0 aliphatic rings. The van der Waals surface area contributed by atoms with Gasteiger partial charge in [-0.1, -0.05) is 75.2 Å². The van der Waals surface area contributed by atoms with E-state index < -0.39 is 0 Å². The van der Waals surface area contributed by atoms with E-state index in [0.29, 0.717) is 24.0 Å². The van der Waals surface area contributed by atoms with Crippen molar-refractivity contribution in [3.05, 3.63) is 35.4 Å². The van der Waals surface area contributed by atoms with Crippen molar-refractivity contribution < 1.29 is 14.8 Å². The zero-order valence-corrected chi connectivity index (χ0v) is 14.7. The number of oxime groups is 1. The van der Waals surface area contributed by atoms with Gasteiger partial charge in [-0.3, -0.25) is 4.79 Å². The Morgan fingerprint density at radius 3 is 2.29 bits per heavy atom. The van der Waals surface area contributed by atoms with Crippen LogP contribution in [0, 0.1) is 0 Å².